The van der Waals surface area contributed by atoms with E-state index >= 15 is 0 Å². The van der Waals surface area contributed by atoms with Crippen molar-refractivity contribution in [2.75, 3.05) is 26.2 Å². The Labute approximate surface area is 199 Å². The summed E-state index contributed by atoms with van der Waals surface area (Å²) in [5.74, 6) is 1.96. The third kappa shape index (κ3) is 9.04. The van der Waals surface area contributed by atoms with Crippen LogP contribution in [0.3, 0.4) is 0 Å². The topological polar surface area (TPSA) is 57.5 Å². The minimum Gasteiger partial charge on any atom is -0.357 e. The third-order valence-corrected chi connectivity index (χ3v) is 4.94. The zero-order valence-corrected chi connectivity index (χ0v) is 21.5. The van der Waals surface area contributed by atoms with Gasteiger partial charge in [0.1, 0.15) is 5.82 Å². The Balaban J connectivity index is 0.00000450. The minimum atomic E-state index is 0. The number of hydrogen-bond donors (Lipinski definition) is 2. The summed E-state index contributed by atoms with van der Waals surface area (Å²) in [5, 5.41) is 6.79. The van der Waals surface area contributed by atoms with Crippen molar-refractivity contribution in [2.45, 2.75) is 59.7 Å². The molecule has 30 heavy (non-hydrogen) atoms. The highest BCUT2D eigenvalue weighted by Gasteiger charge is 2.12. The van der Waals surface area contributed by atoms with E-state index in [0.717, 1.165) is 50.9 Å². The Hall–Kier alpha value is -1.61. The number of halogens is 1. The summed E-state index contributed by atoms with van der Waals surface area (Å²) in [7, 11) is 0. The van der Waals surface area contributed by atoms with Gasteiger partial charge in [-0.2, -0.15) is 0 Å². The van der Waals surface area contributed by atoms with E-state index in [1.54, 1.807) is 0 Å². The van der Waals surface area contributed by atoms with Crippen molar-refractivity contribution in [1.82, 2.24) is 25.1 Å². The molecule has 0 saturated carbocycles. The lowest BCUT2D eigenvalue weighted by Gasteiger charge is -2.29. The number of guanidine groups is 1. The van der Waals surface area contributed by atoms with Crippen molar-refractivity contribution < 1.29 is 0 Å². The Morgan fingerprint density at radius 3 is 2.43 bits per heavy atom. The van der Waals surface area contributed by atoms with Crippen LogP contribution in [0.15, 0.2) is 47.7 Å². The molecule has 7 heteroatoms. The van der Waals surface area contributed by atoms with Crippen LogP contribution in [-0.4, -0.2) is 58.7 Å². The van der Waals surface area contributed by atoms with Gasteiger partial charge in [0.2, 0.25) is 0 Å². The molecule has 0 aliphatic rings. The van der Waals surface area contributed by atoms with Gasteiger partial charge in [-0.3, -0.25) is 9.89 Å². The van der Waals surface area contributed by atoms with E-state index in [1.165, 1.54) is 5.56 Å². The molecule has 2 aromatic rings. The van der Waals surface area contributed by atoms with Crippen LogP contribution >= 0.6 is 24.0 Å². The van der Waals surface area contributed by atoms with E-state index in [0.29, 0.717) is 12.1 Å². The molecule has 0 radical (unpaired) electrons. The lowest BCUT2D eigenvalue weighted by molar-refractivity contribution is 0.181. The summed E-state index contributed by atoms with van der Waals surface area (Å²) in [5.41, 5.74) is 1.29. The van der Waals surface area contributed by atoms with Crippen molar-refractivity contribution in [1.29, 1.82) is 0 Å². The molecule has 0 aliphatic carbocycles. The molecule has 2 rings (SSSR count). The first-order valence-electron chi connectivity index (χ1n) is 10.8. The standard InChI is InChI=1S/C23H38N6.HI/c1-6-24-23(27-15-17-29(19(2)3)20(4)5)26-13-12-22-25-14-16-28(22)18-21-10-8-7-9-11-21;/h7-11,14,16,19-20H,6,12-13,15,17-18H2,1-5H3,(H2,24,26,27);1H. The Morgan fingerprint density at radius 1 is 1.10 bits per heavy atom. The average Bonchev–Trinajstić information content (AvgIpc) is 3.12. The van der Waals surface area contributed by atoms with Crippen molar-refractivity contribution >= 4 is 29.9 Å². The molecule has 168 valence electrons. The first kappa shape index (κ1) is 26.4. The Bertz CT molecular complexity index is 718. The van der Waals surface area contributed by atoms with Crippen LogP contribution in [0.4, 0.5) is 0 Å². The summed E-state index contributed by atoms with van der Waals surface area (Å²) in [6.45, 7) is 15.3. The number of imidazole rings is 1. The summed E-state index contributed by atoms with van der Waals surface area (Å²) in [6.07, 6.45) is 4.78. The quantitative estimate of drug-likeness (QED) is 0.266. The van der Waals surface area contributed by atoms with Crippen LogP contribution in [0, 0.1) is 0 Å². The molecular weight excluding hydrogens is 487 g/mol. The van der Waals surface area contributed by atoms with Gasteiger partial charge in [-0.15, -0.1) is 24.0 Å². The molecule has 1 aromatic carbocycles. The van der Waals surface area contributed by atoms with Crippen LogP contribution in [0.25, 0.3) is 0 Å². The third-order valence-electron chi connectivity index (χ3n) is 4.94. The highest BCUT2D eigenvalue weighted by Crippen LogP contribution is 2.06. The zero-order chi connectivity index (χ0) is 21.1. The number of nitrogens with zero attached hydrogens (tertiary/aromatic N) is 4. The van der Waals surface area contributed by atoms with Crippen LogP contribution < -0.4 is 10.6 Å². The van der Waals surface area contributed by atoms with Gasteiger partial charge in [-0.1, -0.05) is 30.3 Å². The molecule has 0 spiro atoms. The molecule has 0 aliphatic heterocycles. The van der Waals surface area contributed by atoms with Crippen molar-refractivity contribution in [3.05, 3.63) is 54.1 Å². The number of rotatable bonds is 11. The molecule has 0 saturated heterocycles. The number of benzene rings is 1. The zero-order valence-electron chi connectivity index (χ0n) is 19.1. The normalized spacial score (nSPS) is 11.8. The second-order valence-corrected chi connectivity index (χ2v) is 7.82. The number of aliphatic imine (C=N–C) groups is 1. The molecular formula is C23H39IN6. The van der Waals surface area contributed by atoms with Gasteiger partial charge < -0.3 is 15.2 Å². The number of hydrogen-bond acceptors (Lipinski definition) is 3. The number of aromatic nitrogens is 2. The maximum atomic E-state index is 4.75. The summed E-state index contributed by atoms with van der Waals surface area (Å²) in [4.78, 5) is 11.8. The van der Waals surface area contributed by atoms with Crippen LogP contribution in [0.5, 0.6) is 0 Å². The van der Waals surface area contributed by atoms with Gasteiger partial charge in [-0.05, 0) is 40.2 Å². The van der Waals surface area contributed by atoms with Crippen molar-refractivity contribution in [2.24, 2.45) is 4.99 Å². The van der Waals surface area contributed by atoms with Crippen LogP contribution in [0.1, 0.15) is 46.0 Å². The predicted molar refractivity (Wildman–Crippen MR) is 138 cm³/mol. The summed E-state index contributed by atoms with van der Waals surface area (Å²) < 4.78 is 2.21. The van der Waals surface area contributed by atoms with E-state index in [1.807, 2.05) is 18.5 Å². The minimum absolute atomic E-state index is 0. The fraction of sp³-hybridized carbons (Fsp3) is 0.565. The molecule has 0 bridgehead atoms. The van der Waals surface area contributed by atoms with Gasteiger partial charge in [0, 0.05) is 57.1 Å². The van der Waals surface area contributed by atoms with Gasteiger partial charge in [0.05, 0.1) is 6.54 Å². The molecule has 2 N–H and O–H groups in total. The summed E-state index contributed by atoms with van der Waals surface area (Å²) >= 11 is 0. The van der Waals surface area contributed by atoms with Crippen LogP contribution in [0.2, 0.25) is 0 Å². The maximum Gasteiger partial charge on any atom is 0.191 e. The second kappa shape index (κ2) is 14.4. The first-order valence-corrected chi connectivity index (χ1v) is 10.8. The van der Waals surface area contributed by atoms with Gasteiger partial charge in [0.15, 0.2) is 5.96 Å². The molecule has 0 unspecified atom stereocenters. The first-order chi connectivity index (χ1) is 14.0. The maximum absolute atomic E-state index is 4.75. The highest BCUT2D eigenvalue weighted by molar-refractivity contribution is 14.0. The smallest absolute Gasteiger partial charge is 0.191 e. The van der Waals surface area contributed by atoms with Crippen molar-refractivity contribution in [3.8, 4) is 0 Å². The largest absolute Gasteiger partial charge is 0.357 e. The fourth-order valence-corrected chi connectivity index (χ4v) is 3.52. The Kier molecular flexibility index (Phi) is 12.7. The number of nitrogens with one attached hydrogen (secondary N) is 2. The lowest BCUT2D eigenvalue weighted by atomic mass is 10.2. The monoisotopic (exact) mass is 526 g/mol. The van der Waals surface area contributed by atoms with E-state index in [9.17, 15) is 0 Å². The molecule has 0 atom stereocenters. The second-order valence-electron chi connectivity index (χ2n) is 7.82. The summed E-state index contributed by atoms with van der Waals surface area (Å²) in [6, 6.07) is 11.6. The van der Waals surface area contributed by atoms with E-state index in [2.05, 4.69) is 84.0 Å². The predicted octanol–water partition coefficient (Wildman–Crippen LogP) is 3.77. The SMILES string of the molecule is CCNC(=NCCN(C(C)C)C(C)C)NCCc1nccn1Cc1ccccc1.I. The molecule has 6 nitrogen and oxygen atoms in total. The fourth-order valence-electron chi connectivity index (χ4n) is 3.52. The molecule has 0 amide bonds. The van der Waals surface area contributed by atoms with E-state index in [4.69, 9.17) is 4.99 Å². The van der Waals surface area contributed by atoms with Gasteiger partial charge >= 0.3 is 0 Å². The average molecular weight is 527 g/mol. The molecule has 0 fully saturated rings. The van der Waals surface area contributed by atoms with Gasteiger partial charge in [-0.25, -0.2) is 4.98 Å². The van der Waals surface area contributed by atoms with E-state index in [-0.39, 0.29) is 24.0 Å². The van der Waals surface area contributed by atoms with Gasteiger partial charge in [0.25, 0.3) is 0 Å². The van der Waals surface area contributed by atoms with Crippen LogP contribution in [-0.2, 0) is 13.0 Å². The Morgan fingerprint density at radius 2 is 1.80 bits per heavy atom. The molecule has 1 heterocycles. The highest BCUT2D eigenvalue weighted by atomic mass is 127. The van der Waals surface area contributed by atoms with Crippen molar-refractivity contribution in [3.63, 3.8) is 0 Å². The lowest BCUT2D eigenvalue weighted by Crippen LogP contribution is -2.41. The molecule has 1 aromatic heterocycles. The van der Waals surface area contributed by atoms with E-state index < -0.39 is 0 Å².